The topological polar surface area (TPSA) is 26.3 Å². The van der Waals surface area contributed by atoms with Crippen LogP contribution in [-0.4, -0.2) is 5.97 Å². The number of aryl methyl sites for hydroxylation is 1. The van der Waals surface area contributed by atoms with Gasteiger partial charge >= 0.3 is 5.97 Å². The molecular formula is C29H43FO2. The Morgan fingerprint density at radius 1 is 0.906 bits per heavy atom. The molecule has 4 atom stereocenters. The van der Waals surface area contributed by atoms with E-state index < -0.39 is 0 Å². The van der Waals surface area contributed by atoms with Crippen LogP contribution in [-0.2, 0) is 4.79 Å². The smallest absolute Gasteiger partial charge is 0.314 e. The van der Waals surface area contributed by atoms with Gasteiger partial charge in [-0.05, 0) is 106 Å². The maximum Gasteiger partial charge on any atom is 0.314 e. The lowest BCUT2D eigenvalue weighted by Crippen LogP contribution is -2.35. The molecular weight excluding hydrogens is 399 g/mol. The van der Waals surface area contributed by atoms with E-state index in [0.29, 0.717) is 11.3 Å². The third-order valence-corrected chi connectivity index (χ3v) is 9.11. The van der Waals surface area contributed by atoms with Gasteiger partial charge < -0.3 is 4.74 Å². The van der Waals surface area contributed by atoms with Crippen LogP contribution in [0.4, 0.5) is 4.39 Å². The van der Waals surface area contributed by atoms with Crippen LogP contribution in [0.25, 0.3) is 0 Å². The van der Waals surface area contributed by atoms with Gasteiger partial charge in [0.2, 0.25) is 0 Å². The van der Waals surface area contributed by atoms with Crippen molar-refractivity contribution in [3.05, 3.63) is 29.6 Å². The van der Waals surface area contributed by atoms with Gasteiger partial charge in [0, 0.05) is 6.07 Å². The number of carbonyl (C=O) groups is 1. The van der Waals surface area contributed by atoms with Gasteiger partial charge in [-0.15, -0.1) is 0 Å². The molecule has 3 aliphatic carbocycles. The van der Waals surface area contributed by atoms with E-state index in [9.17, 15) is 9.18 Å². The Morgan fingerprint density at radius 2 is 1.56 bits per heavy atom. The number of rotatable bonds is 7. The van der Waals surface area contributed by atoms with Crippen molar-refractivity contribution in [2.24, 2.45) is 35.5 Å². The predicted molar refractivity (Wildman–Crippen MR) is 128 cm³/mol. The van der Waals surface area contributed by atoms with Crippen LogP contribution < -0.4 is 4.74 Å². The summed E-state index contributed by atoms with van der Waals surface area (Å²) >= 11 is 0. The third kappa shape index (κ3) is 5.94. The minimum Gasteiger partial charge on any atom is -0.426 e. The predicted octanol–water partition coefficient (Wildman–Crippen LogP) is 8.26. The first-order chi connectivity index (χ1) is 15.5. The zero-order valence-corrected chi connectivity index (χ0v) is 20.3. The van der Waals surface area contributed by atoms with Gasteiger partial charge in [-0.2, -0.15) is 0 Å². The highest BCUT2D eigenvalue weighted by atomic mass is 19.1. The second-order valence-electron chi connectivity index (χ2n) is 11.2. The molecule has 3 heteroatoms. The molecule has 2 nitrogen and oxygen atoms in total. The average Bonchev–Trinajstić information content (AvgIpc) is 2.81. The summed E-state index contributed by atoms with van der Waals surface area (Å²) in [5.41, 5.74) is 0.574. The fourth-order valence-electron chi connectivity index (χ4n) is 7.06. The molecule has 32 heavy (non-hydrogen) atoms. The molecule has 3 fully saturated rings. The summed E-state index contributed by atoms with van der Waals surface area (Å²) in [6.07, 6.45) is 18.6. The Labute approximate surface area is 194 Å². The number of carbonyl (C=O) groups excluding carboxylic acids is 1. The summed E-state index contributed by atoms with van der Waals surface area (Å²) < 4.78 is 19.3. The van der Waals surface area contributed by atoms with Crippen molar-refractivity contribution in [1.82, 2.24) is 0 Å². The van der Waals surface area contributed by atoms with Crippen molar-refractivity contribution in [3.63, 3.8) is 0 Å². The number of esters is 1. The van der Waals surface area contributed by atoms with Crippen LogP contribution in [0.3, 0.4) is 0 Å². The van der Waals surface area contributed by atoms with E-state index in [0.717, 1.165) is 55.3 Å². The zero-order chi connectivity index (χ0) is 22.5. The molecule has 0 bridgehead atoms. The number of ether oxygens (including phenoxy) is 1. The molecule has 0 amide bonds. The van der Waals surface area contributed by atoms with Crippen LogP contribution in [0.5, 0.6) is 5.75 Å². The number of halogens is 1. The highest BCUT2D eigenvalue weighted by Gasteiger charge is 2.39. The van der Waals surface area contributed by atoms with Crippen molar-refractivity contribution < 1.29 is 13.9 Å². The molecule has 3 aliphatic rings. The number of unbranched alkanes of at least 4 members (excludes halogenated alkanes) is 2. The second-order valence-corrected chi connectivity index (χ2v) is 11.2. The third-order valence-electron chi connectivity index (χ3n) is 9.11. The average molecular weight is 443 g/mol. The molecule has 178 valence electrons. The van der Waals surface area contributed by atoms with E-state index in [2.05, 4.69) is 6.92 Å². The standard InChI is InChI=1S/C29H43FO2/c1-3-4-5-6-21-8-9-26-18-25(15-14-24(26)17-21)22-10-12-23(13-11-22)29(31)32-27-16-7-20(2)28(30)19-27/h7,16,19,21-26H,3-6,8-15,17-18H2,1-2H3. The van der Waals surface area contributed by atoms with Crippen LogP contribution >= 0.6 is 0 Å². The summed E-state index contributed by atoms with van der Waals surface area (Å²) in [6, 6.07) is 4.69. The number of hydrogen-bond acceptors (Lipinski definition) is 2. The fraction of sp³-hybridized carbons (Fsp3) is 0.759. The maximum atomic E-state index is 13.7. The molecule has 0 saturated heterocycles. The van der Waals surface area contributed by atoms with E-state index in [1.165, 1.54) is 70.3 Å². The number of fused-ring (bicyclic) bond motifs is 1. The van der Waals surface area contributed by atoms with E-state index in [1.54, 1.807) is 19.1 Å². The molecule has 1 aromatic rings. The summed E-state index contributed by atoms with van der Waals surface area (Å²) in [5.74, 6) is 4.46. The normalized spacial score (nSPS) is 32.8. The number of hydrogen-bond donors (Lipinski definition) is 0. The minimum absolute atomic E-state index is 0.0227. The van der Waals surface area contributed by atoms with Gasteiger partial charge in [0.15, 0.2) is 0 Å². The highest BCUT2D eigenvalue weighted by molar-refractivity contribution is 5.75. The second kappa shape index (κ2) is 11.2. The Morgan fingerprint density at radius 3 is 2.28 bits per heavy atom. The van der Waals surface area contributed by atoms with Gasteiger partial charge in [-0.3, -0.25) is 4.79 Å². The summed E-state index contributed by atoms with van der Waals surface area (Å²) in [5, 5.41) is 0. The summed E-state index contributed by atoms with van der Waals surface area (Å²) in [7, 11) is 0. The lowest BCUT2D eigenvalue weighted by atomic mass is 9.60. The van der Waals surface area contributed by atoms with E-state index >= 15 is 0 Å². The van der Waals surface area contributed by atoms with Gasteiger partial charge in [0.1, 0.15) is 11.6 Å². The van der Waals surface area contributed by atoms with Gasteiger partial charge in [-0.1, -0.05) is 45.1 Å². The van der Waals surface area contributed by atoms with Gasteiger partial charge in [-0.25, -0.2) is 4.39 Å². The minimum atomic E-state index is -0.315. The molecule has 1 aromatic carbocycles. The maximum absolute atomic E-state index is 13.7. The van der Waals surface area contributed by atoms with E-state index in [1.807, 2.05) is 0 Å². The fourth-order valence-corrected chi connectivity index (χ4v) is 7.06. The summed E-state index contributed by atoms with van der Waals surface area (Å²) in [4.78, 5) is 12.6. The Hall–Kier alpha value is -1.38. The molecule has 4 unspecified atom stereocenters. The molecule has 0 aliphatic heterocycles. The van der Waals surface area contributed by atoms with Crippen LogP contribution in [0.15, 0.2) is 18.2 Å². The Bertz CT molecular complexity index is 752. The summed E-state index contributed by atoms with van der Waals surface area (Å²) in [6.45, 7) is 4.02. The van der Waals surface area contributed by atoms with Gasteiger partial charge in [0.25, 0.3) is 0 Å². The van der Waals surface area contributed by atoms with Crippen LogP contribution in [0, 0.1) is 48.2 Å². The molecule has 0 heterocycles. The molecule has 4 rings (SSSR count). The molecule has 3 saturated carbocycles. The molecule has 0 aromatic heterocycles. The van der Waals surface area contributed by atoms with Crippen LogP contribution in [0.2, 0.25) is 0 Å². The van der Waals surface area contributed by atoms with Crippen molar-refractivity contribution in [3.8, 4) is 5.75 Å². The largest absolute Gasteiger partial charge is 0.426 e. The lowest BCUT2D eigenvalue weighted by Gasteiger charge is -2.45. The number of benzene rings is 1. The highest BCUT2D eigenvalue weighted by Crippen LogP contribution is 2.49. The first-order valence-electron chi connectivity index (χ1n) is 13.5. The Kier molecular flexibility index (Phi) is 8.29. The monoisotopic (exact) mass is 442 g/mol. The van der Waals surface area contributed by atoms with Gasteiger partial charge in [0.05, 0.1) is 5.92 Å². The molecule has 0 radical (unpaired) electrons. The van der Waals surface area contributed by atoms with Crippen molar-refractivity contribution in [2.45, 2.75) is 104 Å². The van der Waals surface area contributed by atoms with Crippen molar-refractivity contribution in [1.29, 1.82) is 0 Å². The van der Waals surface area contributed by atoms with E-state index in [4.69, 9.17) is 4.74 Å². The SMILES string of the molecule is CCCCCC1CCC2CC(C3CCC(C(=O)Oc4ccc(C)c(F)c4)CC3)CCC2C1. The molecule has 0 spiro atoms. The van der Waals surface area contributed by atoms with Crippen molar-refractivity contribution in [2.75, 3.05) is 0 Å². The lowest BCUT2D eigenvalue weighted by molar-refractivity contribution is -0.140. The molecule has 0 N–H and O–H groups in total. The quantitative estimate of drug-likeness (QED) is 0.241. The van der Waals surface area contributed by atoms with Crippen LogP contribution in [0.1, 0.15) is 102 Å². The Balaban J connectivity index is 1.20. The van der Waals surface area contributed by atoms with E-state index in [-0.39, 0.29) is 17.7 Å². The first-order valence-corrected chi connectivity index (χ1v) is 13.5. The first kappa shape index (κ1) is 23.8. The zero-order valence-electron chi connectivity index (χ0n) is 20.3. The van der Waals surface area contributed by atoms with Crippen molar-refractivity contribution >= 4 is 5.97 Å².